The Kier molecular flexibility index (Phi) is 6.17. The predicted molar refractivity (Wildman–Crippen MR) is 100 cm³/mol. The van der Waals surface area contributed by atoms with E-state index in [-0.39, 0.29) is 22.0 Å². The summed E-state index contributed by atoms with van der Waals surface area (Å²) < 4.78 is 18.3. The van der Waals surface area contributed by atoms with Crippen molar-refractivity contribution in [3.8, 4) is 0 Å². The molecule has 2 rings (SSSR count). The van der Waals surface area contributed by atoms with Gasteiger partial charge >= 0.3 is 5.97 Å². The second kappa shape index (κ2) is 8.18. The van der Waals surface area contributed by atoms with Crippen LogP contribution < -0.4 is 10.6 Å². The van der Waals surface area contributed by atoms with Crippen molar-refractivity contribution in [1.82, 2.24) is 0 Å². The number of ether oxygens (including phenoxy) is 1. The van der Waals surface area contributed by atoms with Gasteiger partial charge in [0.25, 0.3) is 0 Å². The van der Waals surface area contributed by atoms with Crippen LogP contribution in [0, 0.1) is 11.2 Å². The first-order valence-electron chi connectivity index (χ1n) is 7.92. The molecular formula is C19H18ClFN2O4. The molecule has 0 radical (unpaired) electrons. The number of hydrogen-bond donors (Lipinski definition) is 2. The Hall–Kier alpha value is -2.93. The van der Waals surface area contributed by atoms with Crippen molar-refractivity contribution in [2.75, 3.05) is 17.7 Å². The Bertz CT molecular complexity index is 899. The standard InChI is InChI=1S/C19H18ClFN2O4/c1-19(2,17(25)22-14-7-5-4-6-13(14)21)18(26)23-15-10-11(16(24)27-3)8-9-12(15)20/h4-10H,1-3H3,(H,22,25)(H,23,26). The van der Waals surface area contributed by atoms with Crippen LogP contribution in [-0.2, 0) is 14.3 Å². The number of halogens is 2. The average molecular weight is 393 g/mol. The minimum Gasteiger partial charge on any atom is -0.465 e. The molecule has 6 nitrogen and oxygen atoms in total. The zero-order chi connectivity index (χ0) is 20.2. The summed E-state index contributed by atoms with van der Waals surface area (Å²) in [6, 6.07) is 9.84. The molecule has 27 heavy (non-hydrogen) atoms. The Morgan fingerprint density at radius 1 is 1.00 bits per heavy atom. The third-order valence-electron chi connectivity index (χ3n) is 3.89. The van der Waals surface area contributed by atoms with Crippen molar-refractivity contribution >= 4 is 40.8 Å². The van der Waals surface area contributed by atoms with Gasteiger partial charge in [0.05, 0.1) is 29.1 Å². The van der Waals surface area contributed by atoms with Crippen molar-refractivity contribution in [1.29, 1.82) is 0 Å². The minimum atomic E-state index is -1.55. The van der Waals surface area contributed by atoms with E-state index < -0.39 is 29.0 Å². The maximum atomic E-state index is 13.7. The van der Waals surface area contributed by atoms with Crippen LogP contribution in [0.15, 0.2) is 42.5 Å². The van der Waals surface area contributed by atoms with Gasteiger partial charge in [-0.3, -0.25) is 9.59 Å². The van der Waals surface area contributed by atoms with Crippen LogP contribution >= 0.6 is 11.6 Å². The molecule has 8 heteroatoms. The number of nitrogens with one attached hydrogen (secondary N) is 2. The normalized spacial score (nSPS) is 10.9. The maximum Gasteiger partial charge on any atom is 0.337 e. The molecule has 2 N–H and O–H groups in total. The van der Waals surface area contributed by atoms with Crippen LogP contribution in [0.1, 0.15) is 24.2 Å². The first kappa shape index (κ1) is 20.4. The number of para-hydroxylation sites is 1. The first-order valence-corrected chi connectivity index (χ1v) is 8.30. The molecule has 0 saturated heterocycles. The summed E-state index contributed by atoms with van der Waals surface area (Å²) in [5.41, 5.74) is -1.25. The van der Waals surface area contributed by atoms with Gasteiger partial charge in [0.15, 0.2) is 0 Å². The van der Waals surface area contributed by atoms with Crippen molar-refractivity contribution in [3.05, 3.63) is 58.9 Å². The van der Waals surface area contributed by atoms with Crippen LogP contribution in [-0.4, -0.2) is 24.9 Å². The minimum absolute atomic E-state index is 0.0332. The maximum absolute atomic E-state index is 13.7. The molecule has 0 bridgehead atoms. The largest absolute Gasteiger partial charge is 0.465 e. The second-order valence-corrected chi connectivity index (χ2v) is 6.61. The van der Waals surface area contributed by atoms with Gasteiger partial charge in [0.1, 0.15) is 11.2 Å². The third kappa shape index (κ3) is 4.62. The number of methoxy groups -OCH3 is 1. The highest BCUT2D eigenvalue weighted by atomic mass is 35.5. The average Bonchev–Trinajstić information content (AvgIpc) is 2.64. The summed E-state index contributed by atoms with van der Waals surface area (Å²) in [5.74, 6) is -2.60. The molecule has 0 aromatic heterocycles. The zero-order valence-corrected chi connectivity index (χ0v) is 15.7. The van der Waals surface area contributed by atoms with Crippen molar-refractivity contribution in [2.45, 2.75) is 13.8 Å². The van der Waals surface area contributed by atoms with E-state index in [1.807, 2.05) is 0 Å². The highest BCUT2D eigenvalue weighted by molar-refractivity contribution is 6.34. The summed E-state index contributed by atoms with van der Waals surface area (Å²) in [6.45, 7) is 2.77. The van der Waals surface area contributed by atoms with E-state index in [0.29, 0.717) is 0 Å². The molecule has 0 fully saturated rings. The molecule has 2 aromatic rings. The highest BCUT2D eigenvalue weighted by Gasteiger charge is 2.37. The molecule has 0 aliphatic heterocycles. The molecule has 0 saturated carbocycles. The zero-order valence-electron chi connectivity index (χ0n) is 14.9. The van der Waals surface area contributed by atoms with Gasteiger partial charge < -0.3 is 15.4 Å². The third-order valence-corrected chi connectivity index (χ3v) is 4.22. The quantitative estimate of drug-likeness (QED) is 0.597. The first-order chi connectivity index (χ1) is 12.7. The topological polar surface area (TPSA) is 84.5 Å². The Morgan fingerprint density at radius 2 is 1.59 bits per heavy atom. The van der Waals surface area contributed by atoms with E-state index in [0.717, 1.165) is 0 Å². The van der Waals surface area contributed by atoms with Crippen LogP contribution in [0.2, 0.25) is 5.02 Å². The number of hydrogen-bond acceptors (Lipinski definition) is 4. The molecule has 2 amide bonds. The molecule has 0 aliphatic rings. The monoisotopic (exact) mass is 392 g/mol. The van der Waals surface area contributed by atoms with Crippen molar-refractivity contribution < 1.29 is 23.5 Å². The number of anilines is 2. The fourth-order valence-corrected chi connectivity index (χ4v) is 2.25. The number of amides is 2. The van der Waals surface area contributed by atoms with Crippen LogP contribution in [0.3, 0.4) is 0 Å². The Labute approximate surface area is 160 Å². The van der Waals surface area contributed by atoms with Gasteiger partial charge in [0, 0.05) is 0 Å². The van der Waals surface area contributed by atoms with E-state index in [1.54, 1.807) is 6.07 Å². The molecule has 0 heterocycles. The number of rotatable bonds is 5. The Morgan fingerprint density at radius 3 is 2.19 bits per heavy atom. The van der Waals surface area contributed by atoms with Gasteiger partial charge in [0.2, 0.25) is 11.8 Å². The van der Waals surface area contributed by atoms with Gasteiger partial charge in [-0.05, 0) is 44.2 Å². The summed E-state index contributed by atoms with van der Waals surface area (Å²) in [7, 11) is 1.23. The Balaban J connectivity index is 2.20. The number of carbonyl (C=O) groups is 3. The summed E-state index contributed by atoms with van der Waals surface area (Å²) in [5, 5.41) is 5.09. The van der Waals surface area contributed by atoms with E-state index in [4.69, 9.17) is 11.6 Å². The van der Waals surface area contributed by atoms with E-state index in [2.05, 4.69) is 15.4 Å². The molecule has 0 aliphatic carbocycles. The predicted octanol–water partition coefficient (Wildman–Crippen LogP) is 3.87. The van der Waals surface area contributed by atoms with E-state index in [1.165, 1.54) is 57.4 Å². The van der Waals surface area contributed by atoms with E-state index >= 15 is 0 Å². The van der Waals surface area contributed by atoms with Crippen LogP contribution in [0.25, 0.3) is 0 Å². The molecule has 0 unspecified atom stereocenters. The van der Waals surface area contributed by atoms with Crippen molar-refractivity contribution in [2.24, 2.45) is 5.41 Å². The molecule has 142 valence electrons. The van der Waals surface area contributed by atoms with E-state index in [9.17, 15) is 18.8 Å². The summed E-state index contributed by atoms with van der Waals surface area (Å²) >= 11 is 6.05. The number of benzene rings is 2. The molecule has 2 aromatic carbocycles. The van der Waals surface area contributed by atoms with Crippen LogP contribution in [0.5, 0.6) is 0 Å². The van der Waals surface area contributed by atoms with Gasteiger partial charge in [-0.1, -0.05) is 23.7 Å². The SMILES string of the molecule is COC(=O)c1ccc(Cl)c(NC(=O)C(C)(C)C(=O)Nc2ccccc2F)c1. The van der Waals surface area contributed by atoms with Gasteiger partial charge in [-0.25, -0.2) is 9.18 Å². The number of esters is 1. The smallest absolute Gasteiger partial charge is 0.337 e. The second-order valence-electron chi connectivity index (χ2n) is 6.20. The summed E-state index contributed by atoms with van der Waals surface area (Å²) in [4.78, 5) is 36.7. The lowest BCUT2D eigenvalue weighted by Crippen LogP contribution is -2.41. The van der Waals surface area contributed by atoms with Crippen molar-refractivity contribution in [3.63, 3.8) is 0 Å². The highest BCUT2D eigenvalue weighted by Crippen LogP contribution is 2.27. The lowest BCUT2D eigenvalue weighted by Gasteiger charge is -2.23. The fraction of sp³-hybridized carbons (Fsp3) is 0.211. The number of carbonyl (C=O) groups excluding carboxylic acids is 3. The lowest BCUT2D eigenvalue weighted by molar-refractivity contribution is -0.135. The summed E-state index contributed by atoms with van der Waals surface area (Å²) in [6.07, 6.45) is 0. The molecular weight excluding hydrogens is 375 g/mol. The fourth-order valence-electron chi connectivity index (χ4n) is 2.09. The molecule has 0 atom stereocenters. The molecule has 0 spiro atoms. The van der Waals surface area contributed by atoms with Gasteiger partial charge in [-0.2, -0.15) is 0 Å². The van der Waals surface area contributed by atoms with Gasteiger partial charge in [-0.15, -0.1) is 0 Å². The lowest BCUT2D eigenvalue weighted by atomic mass is 9.90. The van der Waals surface area contributed by atoms with Crippen LogP contribution in [0.4, 0.5) is 15.8 Å².